The summed E-state index contributed by atoms with van der Waals surface area (Å²) in [6, 6.07) is 0. The van der Waals surface area contributed by atoms with Crippen molar-refractivity contribution in [1.29, 1.82) is 0 Å². The fourth-order valence-electron chi connectivity index (χ4n) is 2.69. The zero-order chi connectivity index (χ0) is 16.2. The lowest BCUT2D eigenvalue weighted by Crippen LogP contribution is -2.42. The van der Waals surface area contributed by atoms with E-state index in [1.165, 1.54) is 4.80 Å². The number of hydrogen-bond donors (Lipinski definition) is 0. The zero-order valence-electron chi connectivity index (χ0n) is 13.4. The molecule has 1 saturated heterocycles. The van der Waals surface area contributed by atoms with Crippen LogP contribution in [-0.2, 0) is 29.5 Å². The summed E-state index contributed by atoms with van der Waals surface area (Å²) < 4.78 is 7.69. The molecule has 124 valence electrons. The average Bonchev–Trinajstić information content (AvgIpc) is 3.21. The number of nitrogens with zero attached hydrogens (tertiary/aromatic N) is 7. The second kappa shape index (κ2) is 6.86. The SMILES string of the molecule is CCc1nccn1CCC(=O)N1CCOC(c2nnn(C)n2)C1. The molecule has 9 heteroatoms. The molecule has 0 N–H and O–H groups in total. The van der Waals surface area contributed by atoms with Gasteiger partial charge in [-0.05, 0) is 5.21 Å². The second-order valence-electron chi connectivity index (χ2n) is 5.48. The second-order valence-corrected chi connectivity index (χ2v) is 5.48. The van der Waals surface area contributed by atoms with Gasteiger partial charge in [-0.2, -0.15) is 4.80 Å². The van der Waals surface area contributed by atoms with Crippen molar-refractivity contribution in [2.45, 2.75) is 32.4 Å². The summed E-state index contributed by atoms with van der Waals surface area (Å²) in [7, 11) is 1.71. The molecule has 0 spiro atoms. The molecule has 1 aliphatic rings. The van der Waals surface area contributed by atoms with Gasteiger partial charge in [0.15, 0.2) is 0 Å². The summed E-state index contributed by atoms with van der Waals surface area (Å²) in [5.41, 5.74) is 0. The van der Waals surface area contributed by atoms with Gasteiger partial charge in [-0.25, -0.2) is 4.98 Å². The van der Waals surface area contributed by atoms with E-state index < -0.39 is 0 Å². The van der Waals surface area contributed by atoms with E-state index in [0.29, 0.717) is 38.5 Å². The van der Waals surface area contributed by atoms with Crippen molar-refractivity contribution in [3.63, 3.8) is 0 Å². The van der Waals surface area contributed by atoms with E-state index in [4.69, 9.17) is 4.74 Å². The third-order valence-electron chi connectivity index (χ3n) is 3.92. The fraction of sp³-hybridized carbons (Fsp3) is 0.643. The molecule has 1 unspecified atom stereocenters. The summed E-state index contributed by atoms with van der Waals surface area (Å²) in [4.78, 5) is 19.9. The zero-order valence-corrected chi connectivity index (χ0v) is 13.4. The van der Waals surface area contributed by atoms with E-state index in [1.807, 2.05) is 15.7 Å². The van der Waals surface area contributed by atoms with Crippen LogP contribution in [0.4, 0.5) is 0 Å². The van der Waals surface area contributed by atoms with Gasteiger partial charge in [-0.3, -0.25) is 4.79 Å². The first-order valence-corrected chi connectivity index (χ1v) is 7.80. The number of amides is 1. The fourth-order valence-corrected chi connectivity index (χ4v) is 2.69. The van der Waals surface area contributed by atoms with Gasteiger partial charge in [0.2, 0.25) is 11.7 Å². The molecular weight excluding hydrogens is 298 g/mol. The van der Waals surface area contributed by atoms with E-state index in [1.54, 1.807) is 13.2 Å². The number of ether oxygens (including phenoxy) is 1. The van der Waals surface area contributed by atoms with Crippen LogP contribution in [0, 0.1) is 0 Å². The van der Waals surface area contributed by atoms with Crippen LogP contribution in [0.2, 0.25) is 0 Å². The molecule has 1 fully saturated rings. The third-order valence-corrected chi connectivity index (χ3v) is 3.92. The van der Waals surface area contributed by atoms with Gasteiger partial charge in [0.25, 0.3) is 0 Å². The topological polar surface area (TPSA) is 91.0 Å². The quantitative estimate of drug-likeness (QED) is 0.768. The minimum absolute atomic E-state index is 0.109. The van der Waals surface area contributed by atoms with Gasteiger partial charge >= 0.3 is 0 Å². The van der Waals surface area contributed by atoms with E-state index in [9.17, 15) is 4.79 Å². The maximum absolute atomic E-state index is 12.4. The molecule has 2 aromatic rings. The minimum Gasteiger partial charge on any atom is -0.366 e. The number of carbonyl (C=O) groups is 1. The van der Waals surface area contributed by atoms with Crippen molar-refractivity contribution in [2.24, 2.45) is 7.05 Å². The van der Waals surface area contributed by atoms with Crippen LogP contribution in [0.25, 0.3) is 0 Å². The van der Waals surface area contributed by atoms with E-state index in [0.717, 1.165) is 12.2 Å². The lowest BCUT2D eigenvalue weighted by molar-refractivity contribution is -0.139. The Balaban J connectivity index is 1.57. The summed E-state index contributed by atoms with van der Waals surface area (Å²) in [6.45, 7) is 4.25. The Kier molecular flexibility index (Phi) is 4.65. The van der Waals surface area contributed by atoms with Gasteiger partial charge in [0.1, 0.15) is 11.9 Å². The van der Waals surface area contributed by atoms with Crippen LogP contribution in [0.3, 0.4) is 0 Å². The highest BCUT2D eigenvalue weighted by molar-refractivity contribution is 5.76. The summed E-state index contributed by atoms with van der Waals surface area (Å²) in [5.74, 6) is 1.63. The van der Waals surface area contributed by atoms with Crippen molar-refractivity contribution in [3.8, 4) is 0 Å². The third kappa shape index (κ3) is 3.55. The Morgan fingerprint density at radius 1 is 1.48 bits per heavy atom. The van der Waals surface area contributed by atoms with Crippen LogP contribution < -0.4 is 0 Å². The summed E-state index contributed by atoms with van der Waals surface area (Å²) >= 11 is 0. The minimum atomic E-state index is -0.305. The maximum Gasteiger partial charge on any atom is 0.224 e. The van der Waals surface area contributed by atoms with Crippen LogP contribution in [0.15, 0.2) is 12.4 Å². The molecule has 3 rings (SSSR count). The number of aryl methyl sites for hydroxylation is 3. The normalized spacial score (nSPS) is 18.3. The van der Waals surface area contributed by atoms with E-state index >= 15 is 0 Å². The Morgan fingerprint density at radius 2 is 2.35 bits per heavy atom. The van der Waals surface area contributed by atoms with Crippen molar-refractivity contribution in [2.75, 3.05) is 19.7 Å². The highest BCUT2D eigenvalue weighted by Crippen LogP contribution is 2.19. The van der Waals surface area contributed by atoms with Crippen molar-refractivity contribution < 1.29 is 9.53 Å². The van der Waals surface area contributed by atoms with Crippen LogP contribution in [-0.4, -0.2) is 60.3 Å². The average molecular weight is 319 g/mol. The Hall–Kier alpha value is -2.29. The lowest BCUT2D eigenvalue weighted by atomic mass is 10.2. The smallest absolute Gasteiger partial charge is 0.224 e. The van der Waals surface area contributed by atoms with Crippen LogP contribution in [0.5, 0.6) is 0 Å². The predicted octanol–water partition coefficient (Wildman–Crippen LogP) is -0.0408. The van der Waals surface area contributed by atoms with E-state index in [2.05, 4.69) is 27.3 Å². The van der Waals surface area contributed by atoms with E-state index in [-0.39, 0.29) is 12.0 Å². The number of rotatable bonds is 5. The van der Waals surface area contributed by atoms with Crippen molar-refractivity contribution in [3.05, 3.63) is 24.0 Å². The predicted molar refractivity (Wildman–Crippen MR) is 80.3 cm³/mol. The van der Waals surface area contributed by atoms with Gasteiger partial charge in [-0.1, -0.05) is 6.92 Å². The molecule has 0 saturated carbocycles. The molecular formula is C14H21N7O2. The summed E-state index contributed by atoms with van der Waals surface area (Å²) in [5, 5.41) is 11.9. The molecule has 9 nitrogen and oxygen atoms in total. The van der Waals surface area contributed by atoms with Gasteiger partial charge < -0.3 is 14.2 Å². The number of aromatic nitrogens is 6. The number of tetrazole rings is 1. The maximum atomic E-state index is 12.4. The van der Waals surface area contributed by atoms with Gasteiger partial charge in [0.05, 0.1) is 20.2 Å². The number of morpholine rings is 1. The molecule has 0 radical (unpaired) electrons. The molecule has 0 aliphatic carbocycles. The van der Waals surface area contributed by atoms with Crippen molar-refractivity contribution in [1.82, 2.24) is 34.7 Å². The summed E-state index contributed by atoms with van der Waals surface area (Å²) in [6.07, 6.45) is 4.69. The number of hydrogen-bond acceptors (Lipinski definition) is 6. The molecule has 1 amide bonds. The highest BCUT2D eigenvalue weighted by Gasteiger charge is 2.28. The molecule has 23 heavy (non-hydrogen) atoms. The first-order valence-electron chi connectivity index (χ1n) is 7.80. The first kappa shape index (κ1) is 15.6. The molecule has 2 aromatic heterocycles. The highest BCUT2D eigenvalue weighted by atomic mass is 16.5. The Bertz CT molecular complexity index is 666. The molecule has 0 bridgehead atoms. The number of carbonyl (C=O) groups excluding carboxylic acids is 1. The molecule has 1 aliphatic heterocycles. The number of imidazole rings is 1. The molecule has 0 aromatic carbocycles. The molecule has 3 heterocycles. The lowest BCUT2D eigenvalue weighted by Gasteiger charge is -2.31. The molecule has 1 atom stereocenters. The largest absolute Gasteiger partial charge is 0.366 e. The first-order chi connectivity index (χ1) is 11.2. The Labute approximate surface area is 134 Å². The Morgan fingerprint density at radius 3 is 3.09 bits per heavy atom. The van der Waals surface area contributed by atoms with Gasteiger partial charge in [0, 0.05) is 38.3 Å². The van der Waals surface area contributed by atoms with Crippen LogP contribution in [0.1, 0.15) is 31.1 Å². The standard InChI is InChI=1S/C14H21N7O2/c1-3-12-15-5-7-20(12)6-4-13(22)21-8-9-23-11(10-21)14-16-18-19(2)17-14/h5,7,11H,3-4,6,8-10H2,1-2H3. The van der Waals surface area contributed by atoms with Crippen molar-refractivity contribution >= 4 is 5.91 Å². The monoisotopic (exact) mass is 319 g/mol. The van der Waals surface area contributed by atoms with Gasteiger partial charge in [-0.15, -0.1) is 10.2 Å². The van der Waals surface area contributed by atoms with Crippen LogP contribution >= 0.6 is 0 Å².